The Balaban J connectivity index is 2.67. The van der Waals surface area contributed by atoms with Gasteiger partial charge in [0.2, 0.25) is 0 Å². The monoisotopic (exact) mass is 469 g/mol. The minimum absolute atomic E-state index is 0.290. The zero-order valence-electron chi connectivity index (χ0n) is 16.4. The van der Waals surface area contributed by atoms with Gasteiger partial charge in [-0.25, -0.2) is 13.8 Å². The molecule has 0 atom stereocenters. The van der Waals surface area contributed by atoms with Gasteiger partial charge in [-0.1, -0.05) is 36.9 Å². The van der Waals surface area contributed by atoms with Crippen molar-refractivity contribution in [2.75, 3.05) is 14.2 Å². The summed E-state index contributed by atoms with van der Waals surface area (Å²) in [5, 5.41) is 10.0. The number of aliphatic hydroxyl groups is 1. The summed E-state index contributed by atoms with van der Waals surface area (Å²) in [6.07, 6.45) is -11.4. The minimum atomic E-state index is -6.11. The Morgan fingerprint density at radius 2 is 1.56 bits per heavy atom. The van der Waals surface area contributed by atoms with Gasteiger partial charge in [0.05, 0.1) is 12.7 Å². The summed E-state index contributed by atoms with van der Waals surface area (Å²) in [6.45, 7) is 3.31. The van der Waals surface area contributed by atoms with Crippen molar-refractivity contribution in [2.24, 2.45) is 0 Å². The summed E-state index contributed by atoms with van der Waals surface area (Å²) in [7, 11) is 2.22. The number of amides is 1. The van der Waals surface area contributed by atoms with E-state index in [0.29, 0.717) is 23.3 Å². The van der Waals surface area contributed by atoms with E-state index in [-0.39, 0.29) is 17.7 Å². The second-order valence-corrected chi connectivity index (χ2v) is 6.48. The van der Waals surface area contributed by atoms with Crippen molar-refractivity contribution in [3.05, 3.63) is 65.2 Å². The van der Waals surface area contributed by atoms with E-state index in [0.717, 1.165) is 20.2 Å². The first kappa shape index (κ1) is 25.3. The average molecular weight is 469 g/mol. The Kier molecular flexibility index (Phi) is 6.72. The Labute approximate surface area is 176 Å². The number of carbonyl (C=O) groups excluding carboxylic acids is 1. The first-order valence-corrected chi connectivity index (χ1v) is 8.55. The maximum Gasteiger partial charge on any atom is 0.430 e. The second kappa shape index (κ2) is 8.51. The van der Waals surface area contributed by atoms with E-state index < -0.39 is 57.7 Å². The van der Waals surface area contributed by atoms with Gasteiger partial charge in [0.15, 0.2) is 0 Å². The van der Waals surface area contributed by atoms with Gasteiger partial charge >= 0.3 is 12.4 Å². The third kappa shape index (κ3) is 4.07. The lowest BCUT2D eigenvalue weighted by atomic mass is 9.89. The van der Waals surface area contributed by atoms with Gasteiger partial charge in [-0.05, 0) is 11.6 Å². The lowest BCUT2D eigenvalue weighted by Crippen LogP contribution is -2.53. The predicted molar refractivity (Wildman–Crippen MR) is 97.0 cm³/mol. The van der Waals surface area contributed by atoms with Crippen LogP contribution in [0, 0.1) is 11.6 Å². The smallest absolute Gasteiger partial charge is 0.369 e. The van der Waals surface area contributed by atoms with Crippen LogP contribution >= 0.6 is 0 Å². The molecule has 12 heteroatoms. The standard InChI is InChI=1S/C20H15F8NO3/c1-4-12-15(14(21)9-13(16(12)22)17(30)29(2)32-3)10-5-7-11(8-6-10)18(31,19(23,24)25)20(26,27)28/h4-9,31H,1H2,2-3H3. The molecule has 1 amide bonds. The molecule has 2 aromatic carbocycles. The zero-order chi connectivity index (χ0) is 24.6. The summed E-state index contributed by atoms with van der Waals surface area (Å²) >= 11 is 0. The average Bonchev–Trinajstić information content (AvgIpc) is 2.71. The Morgan fingerprint density at radius 1 is 1.06 bits per heavy atom. The van der Waals surface area contributed by atoms with E-state index in [1.807, 2.05) is 0 Å². The molecule has 0 radical (unpaired) electrons. The number of rotatable bonds is 5. The molecule has 0 aliphatic rings. The van der Waals surface area contributed by atoms with Crippen LogP contribution < -0.4 is 0 Å². The van der Waals surface area contributed by atoms with Crippen LogP contribution in [-0.2, 0) is 10.4 Å². The molecule has 0 saturated carbocycles. The van der Waals surface area contributed by atoms with Gasteiger partial charge in [-0.3, -0.25) is 9.63 Å². The number of alkyl halides is 6. The fourth-order valence-corrected chi connectivity index (χ4v) is 2.91. The third-order valence-electron chi connectivity index (χ3n) is 4.66. The number of carbonyl (C=O) groups is 1. The van der Waals surface area contributed by atoms with Crippen LogP contribution in [0.25, 0.3) is 17.2 Å². The fourth-order valence-electron chi connectivity index (χ4n) is 2.91. The zero-order valence-corrected chi connectivity index (χ0v) is 16.4. The van der Waals surface area contributed by atoms with Gasteiger partial charge < -0.3 is 5.11 Å². The van der Waals surface area contributed by atoms with Crippen molar-refractivity contribution in [1.82, 2.24) is 5.06 Å². The van der Waals surface area contributed by atoms with Crippen LogP contribution in [0.5, 0.6) is 0 Å². The molecule has 2 aromatic rings. The molecule has 174 valence electrons. The Hall–Kier alpha value is -2.99. The van der Waals surface area contributed by atoms with Gasteiger partial charge in [-0.2, -0.15) is 26.3 Å². The number of benzene rings is 2. The van der Waals surface area contributed by atoms with Crippen molar-refractivity contribution < 1.29 is 49.9 Å². The van der Waals surface area contributed by atoms with E-state index in [2.05, 4.69) is 11.4 Å². The van der Waals surface area contributed by atoms with Crippen LogP contribution in [0.1, 0.15) is 21.5 Å². The predicted octanol–water partition coefficient (Wildman–Crippen LogP) is 5.22. The van der Waals surface area contributed by atoms with Crippen molar-refractivity contribution in [3.8, 4) is 11.1 Å². The SMILES string of the molecule is C=Cc1c(F)c(C(=O)N(C)OC)cc(F)c1-c1ccc(C(O)(C(F)(F)F)C(F)(F)F)cc1. The minimum Gasteiger partial charge on any atom is -0.369 e. The molecule has 0 aliphatic heterocycles. The molecule has 0 bridgehead atoms. The first-order valence-electron chi connectivity index (χ1n) is 8.55. The Morgan fingerprint density at radius 3 is 1.97 bits per heavy atom. The molecule has 0 fully saturated rings. The molecule has 32 heavy (non-hydrogen) atoms. The molecule has 0 aromatic heterocycles. The highest BCUT2D eigenvalue weighted by Gasteiger charge is 2.71. The summed E-state index contributed by atoms with van der Waals surface area (Å²) < 4.78 is 108. The van der Waals surface area contributed by atoms with Crippen molar-refractivity contribution in [3.63, 3.8) is 0 Å². The van der Waals surface area contributed by atoms with E-state index in [4.69, 9.17) is 0 Å². The molecule has 0 aliphatic carbocycles. The van der Waals surface area contributed by atoms with E-state index in [1.54, 1.807) is 0 Å². The molecule has 0 saturated heterocycles. The molecule has 1 N–H and O–H groups in total. The topological polar surface area (TPSA) is 49.8 Å². The molecule has 2 rings (SSSR count). The molecule has 4 nitrogen and oxygen atoms in total. The molecule has 0 heterocycles. The maximum absolute atomic E-state index is 14.8. The largest absolute Gasteiger partial charge is 0.430 e. The van der Waals surface area contributed by atoms with Gasteiger partial charge in [0, 0.05) is 23.7 Å². The molecule has 0 unspecified atom stereocenters. The molecular formula is C20H15F8NO3. The molecule has 0 spiro atoms. The third-order valence-corrected chi connectivity index (χ3v) is 4.66. The highest BCUT2D eigenvalue weighted by molar-refractivity contribution is 5.95. The number of hydrogen-bond acceptors (Lipinski definition) is 3. The molecular weight excluding hydrogens is 454 g/mol. The highest BCUT2D eigenvalue weighted by Crippen LogP contribution is 2.50. The summed E-state index contributed by atoms with van der Waals surface area (Å²) in [6, 6.07) is 2.37. The lowest BCUT2D eigenvalue weighted by molar-refractivity contribution is -0.376. The number of hydroxylamine groups is 2. The van der Waals surface area contributed by atoms with Crippen LogP contribution in [-0.4, -0.2) is 42.6 Å². The quantitative estimate of drug-likeness (QED) is 0.483. The Bertz CT molecular complexity index is 1020. The second-order valence-electron chi connectivity index (χ2n) is 6.48. The normalized spacial score (nSPS) is 12.6. The van der Waals surface area contributed by atoms with Crippen LogP contribution in [0.4, 0.5) is 35.1 Å². The van der Waals surface area contributed by atoms with Crippen molar-refractivity contribution >= 4 is 12.0 Å². The van der Waals surface area contributed by atoms with E-state index >= 15 is 0 Å². The van der Waals surface area contributed by atoms with Gasteiger partial charge in [0.1, 0.15) is 11.6 Å². The van der Waals surface area contributed by atoms with Gasteiger partial charge in [-0.15, -0.1) is 0 Å². The highest BCUT2D eigenvalue weighted by atomic mass is 19.4. The van der Waals surface area contributed by atoms with Crippen LogP contribution in [0.15, 0.2) is 36.9 Å². The number of nitrogens with zero attached hydrogens (tertiary/aromatic N) is 1. The van der Waals surface area contributed by atoms with Crippen LogP contribution in [0.3, 0.4) is 0 Å². The van der Waals surface area contributed by atoms with Crippen LogP contribution in [0.2, 0.25) is 0 Å². The number of halogens is 8. The van der Waals surface area contributed by atoms with E-state index in [1.165, 1.54) is 0 Å². The summed E-state index contributed by atoms with van der Waals surface area (Å²) in [5.41, 5.74) is -8.95. The maximum atomic E-state index is 14.8. The summed E-state index contributed by atoms with van der Waals surface area (Å²) in [4.78, 5) is 16.7. The first-order chi connectivity index (χ1) is 14.6. The lowest BCUT2D eigenvalue weighted by Gasteiger charge is -2.32. The fraction of sp³-hybridized carbons (Fsp3) is 0.250. The van der Waals surface area contributed by atoms with E-state index in [9.17, 15) is 45.0 Å². The van der Waals surface area contributed by atoms with Crippen molar-refractivity contribution in [1.29, 1.82) is 0 Å². The van der Waals surface area contributed by atoms with Crippen molar-refractivity contribution in [2.45, 2.75) is 18.0 Å². The number of hydrogen-bond donors (Lipinski definition) is 1. The van der Waals surface area contributed by atoms with Gasteiger partial charge in [0.25, 0.3) is 11.5 Å². The summed E-state index contributed by atoms with van der Waals surface area (Å²) in [5.74, 6) is -3.51.